The molecule has 1 unspecified atom stereocenters. The van der Waals surface area contributed by atoms with Gasteiger partial charge in [0, 0.05) is 29.7 Å². The first-order valence-electron chi connectivity index (χ1n) is 10.4. The molecule has 1 aromatic heterocycles. The molecule has 154 valence electrons. The van der Waals surface area contributed by atoms with Gasteiger partial charge in [-0.2, -0.15) is 0 Å². The Labute approximate surface area is 173 Å². The molecule has 1 saturated carbocycles. The number of pyridine rings is 1. The predicted molar refractivity (Wildman–Crippen MR) is 116 cm³/mol. The van der Waals surface area contributed by atoms with E-state index in [9.17, 15) is 9.59 Å². The summed E-state index contributed by atoms with van der Waals surface area (Å²) in [7, 11) is 0. The minimum absolute atomic E-state index is 0.0195. The molecular formula is C24H31N3O2. The molecule has 29 heavy (non-hydrogen) atoms. The summed E-state index contributed by atoms with van der Waals surface area (Å²) in [6.45, 7) is 6.45. The van der Waals surface area contributed by atoms with Gasteiger partial charge in [-0.1, -0.05) is 58.2 Å². The van der Waals surface area contributed by atoms with Gasteiger partial charge in [0.05, 0.1) is 0 Å². The highest BCUT2D eigenvalue weighted by Crippen LogP contribution is 2.30. The van der Waals surface area contributed by atoms with Crippen LogP contribution in [0.2, 0.25) is 0 Å². The van der Waals surface area contributed by atoms with Crippen molar-refractivity contribution in [1.29, 1.82) is 0 Å². The third-order valence-corrected chi connectivity index (χ3v) is 5.62. The van der Waals surface area contributed by atoms with E-state index in [0.29, 0.717) is 11.3 Å². The van der Waals surface area contributed by atoms with E-state index >= 15 is 0 Å². The van der Waals surface area contributed by atoms with Crippen LogP contribution in [0.1, 0.15) is 70.0 Å². The zero-order valence-corrected chi connectivity index (χ0v) is 17.6. The van der Waals surface area contributed by atoms with Gasteiger partial charge in [-0.25, -0.2) is 0 Å². The highest BCUT2D eigenvalue weighted by atomic mass is 16.2. The van der Waals surface area contributed by atoms with Crippen molar-refractivity contribution in [2.75, 3.05) is 4.90 Å². The van der Waals surface area contributed by atoms with Crippen LogP contribution in [-0.4, -0.2) is 23.3 Å². The number of carbonyl (C=O) groups excluding carboxylic acids is 2. The van der Waals surface area contributed by atoms with Gasteiger partial charge in [0.2, 0.25) is 12.3 Å². The molecule has 1 aliphatic rings. The topological polar surface area (TPSA) is 62.3 Å². The highest BCUT2D eigenvalue weighted by Gasteiger charge is 2.30. The number of nitrogens with zero attached hydrogens (tertiary/aromatic N) is 2. The summed E-state index contributed by atoms with van der Waals surface area (Å²) in [5.41, 5.74) is 2.59. The molecule has 1 aliphatic carbocycles. The Morgan fingerprint density at radius 1 is 1.14 bits per heavy atom. The van der Waals surface area contributed by atoms with Crippen molar-refractivity contribution in [1.82, 2.24) is 10.3 Å². The second-order valence-corrected chi connectivity index (χ2v) is 8.84. The molecule has 0 saturated heterocycles. The summed E-state index contributed by atoms with van der Waals surface area (Å²) in [6, 6.07) is 10.9. The zero-order chi connectivity index (χ0) is 20.9. The second kappa shape index (κ2) is 9.21. The summed E-state index contributed by atoms with van der Waals surface area (Å²) in [5.74, 6) is -0.156. The van der Waals surface area contributed by atoms with Gasteiger partial charge in [0.1, 0.15) is 6.04 Å². The van der Waals surface area contributed by atoms with E-state index in [2.05, 4.69) is 31.1 Å². The van der Waals surface area contributed by atoms with Crippen LogP contribution in [0.3, 0.4) is 0 Å². The van der Waals surface area contributed by atoms with Crippen molar-refractivity contribution >= 4 is 18.0 Å². The molecular weight excluding hydrogens is 362 g/mol. The first-order valence-corrected chi connectivity index (χ1v) is 10.4. The van der Waals surface area contributed by atoms with Crippen LogP contribution in [0, 0.1) is 0 Å². The van der Waals surface area contributed by atoms with Gasteiger partial charge in [0.25, 0.3) is 0 Å². The monoisotopic (exact) mass is 393 g/mol. The average molecular weight is 394 g/mol. The van der Waals surface area contributed by atoms with Gasteiger partial charge in [-0.05, 0) is 42.0 Å². The first kappa shape index (κ1) is 21.0. The van der Waals surface area contributed by atoms with Gasteiger partial charge in [-0.3, -0.25) is 19.5 Å². The molecule has 1 N–H and O–H groups in total. The average Bonchev–Trinajstić information content (AvgIpc) is 2.72. The fourth-order valence-electron chi connectivity index (χ4n) is 3.91. The number of rotatable bonds is 6. The molecule has 0 radical (unpaired) electrons. The van der Waals surface area contributed by atoms with Gasteiger partial charge < -0.3 is 5.32 Å². The van der Waals surface area contributed by atoms with Crippen LogP contribution in [0.15, 0.2) is 48.8 Å². The molecule has 5 heteroatoms. The Balaban J connectivity index is 1.90. The number of anilines is 1. The number of nitrogens with one attached hydrogen (secondary N) is 1. The number of aromatic nitrogens is 1. The van der Waals surface area contributed by atoms with E-state index in [0.717, 1.165) is 32.1 Å². The standard InChI is InChI=1S/C24H31N3O2/c1-24(2,3)19-11-13-21(14-12-19)27(17-28)22(18-8-7-15-25-16-18)23(29)26-20-9-5-4-6-10-20/h7-8,11-17,20,22H,4-6,9-10H2,1-3H3,(H,26,29). The minimum atomic E-state index is -0.747. The van der Waals surface area contributed by atoms with Gasteiger partial charge in [-0.15, -0.1) is 0 Å². The normalized spacial score (nSPS) is 16.1. The maximum absolute atomic E-state index is 13.3. The molecule has 1 aromatic carbocycles. The lowest BCUT2D eigenvalue weighted by molar-refractivity contribution is -0.125. The lowest BCUT2D eigenvalue weighted by Gasteiger charge is -2.31. The number of amides is 2. The Morgan fingerprint density at radius 2 is 1.83 bits per heavy atom. The molecule has 5 nitrogen and oxygen atoms in total. The van der Waals surface area contributed by atoms with Crippen LogP contribution in [0.25, 0.3) is 0 Å². The van der Waals surface area contributed by atoms with E-state index in [1.807, 2.05) is 30.3 Å². The molecule has 0 bridgehead atoms. The van der Waals surface area contributed by atoms with Crippen LogP contribution in [0.5, 0.6) is 0 Å². The Morgan fingerprint density at radius 3 is 2.38 bits per heavy atom. The van der Waals surface area contributed by atoms with Crippen molar-refractivity contribution in [3.05, 3.63) is 59.9 Å². The summed E-state index contributed by atoms with van der Waals surface area (Å²) < 4.78 is 0. The van der Waals surface area contributed by atoms with E-state index in [-0.39, 0.29) is 17.4 Å². The smallest absolute Gasteiger partial charge is 0.248 e. The maximum atomic E-state index is 13.3. The van der Waals surface area contributed by atoms with Crippen molar-refractivity contribution in [3.63, 3.8) is 0 Å². The SMILES string of the molecule is CC(C)(C)c1ccc(N(C=O)C(C(=O)NC2CCCCC2)c2cccnc2)cc1. The summed E-state index contributed by atoms with van der Waals surface area (Å²) in [6.07, 6.45) is 9.54. The van der Waals surface area contributed by atoms with Crippen LogP contribution in [-0.2, 0) is 15.0 Å². The van der Waals surface area contributed by atoms with Crippen molar-refractivity contribution in [2.45, 2.75) is 70.4 Å². The molecule has 0 spiro atoms. The molecule has 1 heterocycles. The van der Waals surface area contributed by atoms with E-state index in [1.165, 1.54) is 16.9 Å². The van der Waals surface area contributed by atoms with Crippen LogP contribution < -0.4 is 10.2 Å². The minimum Gasteiger partial charge on any atom is -0.351 e. The summed E-state index contributed by atoms with van der Waals surface area (Å²) >= 11 is 0. The molecule has 0 aliphatic heterocycles. The van der Waals surface area contributed by atoms with E-state index < -0.39 is 6.04 Å². The van der Waals surface area contributed by atoms with Gasteiger partial charge >= 0.3 is 0 Å². The van der Waals surface area contributed by atoms with E-state index in [4.69, 9.17) is 0 Å². The fourth-order valence-corrected chi connectivity index (χ4v) is 3.91. The summed E-state index contributed by atoms with van der Waals surface area (Å²) in [4.78, 5) is 31.1. The summed E-state index contributed by atoms with van der Waals surface area (Å²) in [5, 5.41) is 3.17. The molecule has 1 atom stereocenters. The Bertz CT molecular complexity index is 806. The number of hydrogen-bond acceptors (Lipinski definition) is 3. The van der Waals surface area contributed by atoms with Crippen molar-refractivity contribution in [2.24, 2.45) is 0 Å². The van der Waals surface area contributed by atoms with E-state index in [1.54, 1.807) is 18.5 Å². The maximum Gasteiger partial charge on any atom is 0.248 e. The zero-order valence-electron chi connectivity index (χ0n) is 17.6. The van der Waals surface area contributed by atoms with Crippen LogP contribution >= 0.6 is 0 Å². The Kier molecular flexibility index (Phi) is 6.68. The van der Waals surface area contributed by atoms with Crippen molar-refractivity contribution < 1.29 is 9.59 Å². The molecule has 3 rings (SSSR count). The highest BCUT2D eigenvalue weighted by molar-refractivity contribution is 5.93. The third kappa shape index (κ3) is 5.22. The van der Waals surface area contributed by atoms with Crippen LogP contribution in [0.4, 0.5) is 5.69 Å². The first-order chi connectivity index (χ1) is 13.9. The number of carbonyl (C=O) groups is 2. The molecule has 2 amide bonds. The fraction of sp³-hybridized carbons (Fsp3) is 0.458. The predicted octanol–water partition coefficient (Wildman–Crippen LogP) is 4.53. The lowest BCUT2D eigenvalue weighted by Crippen LogP contribution is -2.45. The largest absolute Gasteiger partial charge is 0.351 e. The molecule has 1 fully saturated rings. The molecule has 2 aromatic rings. The lowest BCUT2D eigenvalue weighted by atomic mass is 9.87. The quantitative estimate of drug-likeness (QED) is 0.733. The second-order valence-electron chi connectivity index (χ2n) is 8.84. The Hall–Kier alpha value is -2.69. The van der Waals surface area contributed by atoms with Crippen molar-refractivity contribution in [3.8, 4) is 0 Å². The number of benzene rings is 1. The van der Waals surface area contributed by atoms with Gasteiger partial charge in [0.15, 0.2) is 0 Å². The number of hydrogen-bond donors (Lipinski definition) is 1. The third-order valence-electron chi connectivity index (χ3n) is 5.62.